The summed E-state index contributed by atoms with van der Waals surface area (Å²) in [5.74, 6) is -0.202. The zero-order chi connectivity index (χ0) is 21.9. The van der Waals surface area contributed by atoms with E-state index in [4.69, 9.17) is 8.85 Å². The van der Waals surface area contributed by atoms with E-state index < -0.39 is 14.7 Å². The van der Waals surface area contributed by atoms with E-state index in [1.165, 1.54) is 7.11 Å². The standard InChI is InChI=1S/C22H42O5Si/c1-15(12-11-13-18(23)25-10)19(24)17(3)20-16(2)14-26-28(27-20,21(4,5)6)22(7,8)9/h11-12,15-17,19-20,24H,13-14H2,1-10H3/b12-11+/t15-,16+,17-,19+,20-/m1/s1. The summed E-state index contributed by atoms with van der Waals surface area (Å²) in [6.07, 6.45) is 3.25. The predicted octanol–water partition coefficient (Wildman–Crippen LogP) is 4.83. The Morgan fingerprint density at radius 1 is 1.21 bits per heavy atom. The van der Waals surface area contributed by atoms with Crippen LogP contribution in [-0.2, 0) is 18.4 Å². The molecule has 0 unspecified atom stereocenters. The molecule has 6 heteroatoms. The van der Waals surface area contributed by atoms with E-state index in [2.05, 4.69) is 60.1 Å². The lowest BCUT2D eigenvalue weighted by Gasteiger charge is -2.55. The third-order valence-corrected chi connectivity index (χ3v) is 11.1. The Morgan fingerprint density at radius 3 is 2.21 bits per heavy atom. The average molecular weight is 415 g/mol. The first-order chi connectivity index (χ1) is 12.7. The molecule has 1 heterocycles. The Bertz CT molecular complexity index is 532. The minimum atomic E-state index is -2.57. The molecule has 0 bridgehead atoms. The zero-order valence-electron chi connectivity index (χ0n) is 19.5. The van der Waals surface area contributed by atoms with Gasteiger partial charge in [-0.25, -0.2) is 0 Å². The minimum absolute atomic E-state index is 0.0479. The molecule has 0 amide bonds. The van der Waals surface area contributed by atoms with Gasteiger partial charge < -0.3 is 18.7 Å². The second-order valence-electron chi connectivity index (χ2n) is 10.4. The Balaban J connectivity index is 3.01. The van der Waals surface area contributed by atoms with Gasteiger partial charge in [-0.05, 0) is 0 Å². The summed E-state index contributed by atoms with van der Waals surface area (Å²) < 4.78 is 18.0. The molecular weight excluding hydrogens is 372 g/mol. The van der Waals surface area contributed by atoms with Gasteiger partial charge in [0.2, 0.25) is 0 Å². The average Bonchev–Trinajstić information content (AvgIpc) is 2.58. The molecule has 0 radical (unpaired) electrons. The summed E-state index contributed by atoms with van der Waals surface area (Å²) in [6, 6.07) is 0. The maximum absolute atomic E-state index is 11.3. The van der Waals surface area contributed by atoms with E-state index in [0.29, 0.717) is 6.61 Å². The van der Waals surface area contributed by atoms with Crippen LogP contribution < -0.4 is 0 Å². The number of esters is 1. The SMILES string of the molecule is COC(=O)C/C=C/[C@@H](C)[C@H](O)[C@@H](C)[C@@H]1O[Si](C(C)(C)C)(C(C)(C)C)OC[C@@H]1C. The lowest BCUT2D eigenvalue weighted by atomic mass is 9.84. The molecule has 0 aromatic carbocycles. The summed E-state index contributed by atoms with van der Waals surface area (Å²) >= 11 is 0. The molecule has 0 saturated carbocycles. The third kappa shape index (κ3) is 5.46. The smallest absolute Gasteiger partial charge is 0.349 e. The first-order valence-electron chi connectivity index (χ1n) is 10.4. The van der Waals surface area contributed by atoms with Crippen LogP contribution in [0.5, 0.6) is 0 Å². The lowest BCUT2D eigenvalue weighted by molar-refractivity contribution is -0.139. The van der Waals surface area contributed by atoms with Crippen LogP contribution >= 0.6 is 0 Å². The van der Waals surface area contributed by atoms with Gasteiger partial charge in [-0.1, -0.05) is 74.5 Å². The van der Waals surface area contributed by atoms with Gasteiger partial charge in [0, 0.05) is 34.4 Å². The largest absolute Gasteiger partial charge is 0.469 e. The highest BCUT2D eigenvalue weighted by molar-refractivity contribution is 6.73. The number of ether oxygens (including phenoxy) is 1. The Hall–Kier alpha value is -0.693. The molecule has 5 atom stereocenters. The number of hydrogen-bond acceptors (Lipinski definition) is 5. The first kappa shape index (κ1) is 25.3. The van der Waals surface area contributed by atoms with Crippen molar-refractivity contribution < 1.29 is 23.5 Å². The summed E-state index contributed by atoms with van der Waals surface area (Å²) in [6.45, 7) is 20.1. The molecule has 1 fully saturated rings. The Morgan fingerprint density at radius 2 is 1.75 bits per heavy atom. The fourth-order valence-electron chi connectivity index (χ4n) is 4.47. The summed E-state index contributed by atoms with van der Waals surface area (Å²) in [5, 5.41) is 10.8. The van der Waals surface area contributed by atoms with Crippen molar-refractivity contribution in [1.82, 2.24) is 0 Å². The van der Waals surface area contributed by atoms with Crippen molar-refractivity contribution >= 4 is 14.5 Å². The molecule has 28 heavy (non-hydrogen) atoms. The molecule has 0 spiro atoms. The van der Waals surface area contributed by atoms with Gasteiger partial charge in [0.05, 0.1) is 25.7 Å². The van der Waals surface area contributed by atoms with Crippen molar-refractivity contribution in [2.75, 3.05) is 13.7 Å². The van der Waals surface area contributed by atoms with Crippen LogP contribution in [0.15, 0.2) is 12.2 Å². The van der Waals surface area contributed by atoms with Crippen LogP contribution in [0.3, 0.4) is 0 Å². The van der Waals surface area contributed by atoms with E-state index in [1.807, 2.05) is 13.0 Å². The van der Waals surface area contributed by atoms with Crippen LogP contribution in [0.2, 0.25) is 10.1 Å². The van der Waals surface area contributed by atoms with Crippen molar-refractivity contribution in [1.29, 1.82) is 0 Å². The predicted molar refractivity (Wildman–Crippen MR) is 115 cm³/mol. The Labute approximate surface area is 173 Å². The summed E-state index contributed by atoms with van der Waals surface area (Å²) in [5.41, 5.74) is 0. The van der Waals surface area contributed by atoms with Crippen molar-refractivity contribution in [2.24, 2.45) is 17.8 Å². The number of aliphatic hydroxyl groups is 1. The molecule has 0 aromatic heterocycles. The number of hydrogen-bond donors (Lipinski definition) is 1. The summed E-state index contributed by atoms with van der Waals surface area (Å²) in [7, 11) is -1.19. The van der Waals surface area contributed by atoms with Crippen LogP contribution in [0, 0.1) is 17.8 Å². The highest BCUT2D eigenvalue weighted by Gasteiger charge is 2.62. The van der Waals surface area contributed by atoms with Crippen molar-refractivity contribution in [2.45, 2.75) is 91.0 Å². The molecule has 164 valence electrons. The van der Waals surface area contributed by atoms with Gasteiger partial charge >= 0.3 is 14.5 Å². The quantitative estimate of drug-likeness (QED) is 0.383. The topological polar surface area (TPSA) is 65.0 Å². The van der Waals surface area contributed by atoms with Crippen molar-refractivity contribution in [3.05, 3.63) is 12.2 Å². The number of carbonyl (C=O) groups is 1. The molecule has 1 aliphatic rings. The number of carbonyl (C=O) groups excluding carboxylic acids is 1. The third-order valence-electron chi connectivity index (χ3n) is 5.93. The molecule has 5 nitrogen and oxygen atoms in total. The van der Waals surface area contributed by atoms with Gasteiger partial charge in [0.25, 0.3) is 0 Å². The first-order valence-corrected chi connectivity index (χ1v) is 12.2. The lowest BCUT2D eigenvalue weighted by Crippen LogP contribution is -2.64. The molecule has 1 N–H and O–H groups in total. The normalized spacial score (nSPS) is 26.7. The van der Waals surface area contributed by atoms with Gasteiger partial charge in [-0.3, -0.25) is 4.79 Å². The van der Waals surface area contributed by atoms with Crippen molar-refractivity contribution in [3.63, 3.8) is 0 Å². The summed E-state index contributed by atoms with van der Waals surface area (Å²) in [4.78, 5) is 11.3. The fraction of sp³-hybridized carbons (Fsp3) is 0.864. The van der Waals surface area contributed by atoms with Gasteiger partial charge in [0.1, 0.15) is 0 Å². The molecule has 0 aliphatic carbocycles. The molecular formula is C22H42O5Si. The molecule has 1 saturated heterocycles. The van der Waals surface area contributed by atoms with Crippen LogP contribution in [-0.4, -0.2) is 45.6 Å². The zero-order valence-corrected chi connectivity index (χ0v) is 20.5. The van der Waals surface area contributed by atoms with E-state index >= 15 is 0 Å². The van der Waals surface area contributed by atoms with Gasteiger partial charge in [-0.15, -0.1) is 0 Å². The van der Waals surface area contributed by atoms with Gasteiger partial charge in [0.15, 0.2) is 0 Å². The van der Waals surface area contributed by atoms with E-state index in [0.717, 1.165) is 0 Å². The maximum Gasteiger partial charge on any atom is 0.349 e. The highest BCUT2D eigenvalue weighted by Crippen LogP contribution is 2.55. The molecule has 0 aromatic rings. The number of aliphatic hydroxyl groups excluding tert-OH is 1. The van der Waals surface area contributed by atoms with Crippen LogP contribution in [0.4, 0.5) is 0 Å². The second-order valence-corrected chi connectivity index (χ2v) is 15.2. The van der Waals surface area contributed by atoms with E-state index in [9.17, 15) is 9.90 Å². The van der Waals surface area contributed by atoms with Crippen LogP contribution in [0.25, 0.3) is 0 Å². The molecule has 1 rings (SSSR count). The maximum atomic E-state index is 11.3. The molecule has 1 aliphatic heterocycles. The highest BCUT2D eigenvalue weighted by atomic mass is 28.4. The van der Waals surface area contributed by atoms with Crippen molar-refractivity contribution in [3.8, 4) is 0 Å². The van der Waals surface area contributed by atoms with E-state index in [-0.39, 0.29) is 46.3 Å². The minimum Gasteiger partial charge on any atom is -0.469 e. The Kier molecular flexibility index (Phi) is 8.52. The number of rotatable bonds is 6. The number of methoxy groups -OCH3 is 1. The van der Waals surface area contributed by atoms with Gasteiger partial charge in [-0.2, -0.15) is 0 Å². The monoisotopic (exact) mass is 414 g/mol. The second kappa shape index (κ2) is 9.41. The van der Waals surface area contributed by atoms with Crippen LogP contribution in [0.1, 0.15) is 68.7 Å². The van der Waals surface area contributed by atoms with E-state index in [1.54, 1.807) is 6.08 Å². The fourth-order valence-corrected chi connectivity index (χ4v) is 9.69.